The molecule has 29 heavy (non-hydrogen) atoms. The van der Waals surface area contributed by atoms with Crippen LogP contribution in [0.15, 0.2) is 24.3 Å². The van der Waals surface area contributed by atoms with Gasteiger partial charge >= 0.3 is 6.09 Å². The number of para-hydroxylation sites is 2. The van der Waals surface area contributed by atoms with Gasteiger partial charge in [0.2, 0.25) is 0 Å². The summed E-state index contributed by atoms with van der Waals surface area (Å²) in [6, 6.07) is 7.64. The molecule has 1 N–H and O–H groups in total. The van der Waals surface area contributed by atoms with E-state index in [0.29, 0.717) is 18.2 Å². The van der Waals surface area contributed by atoms with E-state index >= 15 is 0 Å². The molecule has 5 nitrogen and oxygen atoms in total. The van der Waals surface area contributed by atoms with Crippen molar-refractivity contribution in [1.82, 2.24) is 4.90 Å². The van der Waals surface area contributed by atoms with Gasteiger partial charge in [0.1, 0.15) is 11.9 Å². The Bertz CT molecular complexity index is 616. The third-order valence-electron chi connectivity index (χ3n) is 6.17. The Morgan fingerprint density at radius 2 is 1.86 bits per heavy atom. The van der Waals surface area contributed by atoms with E-state index in [1.807, 2.05) is 24.3 Å². The van der Waals surface area contributed by atoms with Crippen molar-refractivity contribution in [3.8, 4) is 5.75 Å². The van der Waals surface area contributed by atoms with Gasteiger partial charge in [-0.1, -0.05) is 44.7 Å². The molecule has 3 rings (SSSR count). The first-order valence-corrected chi connectivity index (χ1v) is 11.7. The van der Waals surface area contributed by atoms with Gasteiger partial charge in [0.15, 0.2) is 0 Å². The number of amides is 1. The molecule has 0 spiro atoms. The zero-order chi connectivity index (χ0) is 20.3. The summed E-state index contributed by atoms with van der Waals surface area (Å²) >= 11 is 0. The van der Waals surface area contributed by atoms with Crippen LogP contribution in [-0.2, 0) is 4.74 Å². The van der Waals surface area contributed by atoms with Gasteiger partial charge in [0.25, 0.3) is 0 Å². The number of likely N-dealkylation sites (tertiary alicyclic amines) is 1. The highest BCUT2D eigenvalue weighted by Crippen LogP contribution is 2.30. The fourth-order valence-electron chi connectivity index (χ4n) is 4.52. The van der Waals surface area contributed by atoms with Gasteiger partial charge in [-0.25, -0.2) is 4.79 Å². The van der Waals surface area contributed by atoms with Crippen LogP contribution in [-0.4, -0.2) is 43.3 Å². The molecule has 1 saturated heterocycles. The van der Waals surface area contributed by atoms with E-state index in [4.69, 9.17) is 9.47 Å². The second-order valence-corrected chi connectivity index (χ2v) is 8.53. The highest BCUT2D eigenvalue weighted by atomic mass is 16.6. The highest BCUT2D eigenvalue weighted by Gasteiger charge is 2.30. The molecule has 0 unspecified atom stereocenters. The van der Waals surface area contributed by atoms with Crippen molar-refractivity contribution in [2.45, 2.75) is 77.2 Å². The molecule has 162 valence electrons. The van der Waals surface area contributed by atoms with Gasteiger partial charge in [-0.2, -0.15) is 0 Å². The van der Waals surface area contributed by atoms with Gasteiger partial charge in [0, 0.05) is 12.5 Å². The number of nitrogens with zero attached hydrogens (tertiary/aromatic N) is 1. The average Bonchev–Trinajstić information content (AvgIpc) is 3.23. The quantitative estimate of drug-likeness (QED) is 0.499. The van der Waals surface area contributed by atoms with Crippen molar-refractivity contribution in [3.63, 3.8) is 0 Å². The molecule has 2 aliphatic rings. The monoisotopic (exact) mass is 402 g/mol. The third-order valence-corrected chi connectivity index (χ3v) is 6.17. The molecule has 1 amide bonds. The van der Waals surface area contributed by atoms with Gasteiger partial charge in [-0.3, -0.25) is 5.32 Å². The Morgan fingerprint density at radius 1 is 1.07 bits per heavy atom. The van der Waals surface area contributed by atoms with Crippen LogP contribution in [0.4, 0.5) is 10.5 Å². The Kier molecular flexibility index (Phi) is 9.13. The van der Waals surface area contributed by atoms with Crippen LogP contribution in [0, 0.1) is 5.92 Å². The Morgan fingerprint density at radius 3 is 2.69 bits per heavy atom. The lowest BCUT2D eigenvalue weighted by molar-refractivity contribution is 0.0327. The third kappa shape index (κ3) is 7.22. The summed E-state index contributed by atoms with van der Waals surface area (Å²) in [7, 11) is 0. The second-order valence-electron chi connectivity index (χ2n) is 8.53. The van der Waals surface area contributed by atoms with Crippen LogP contribution in [0.1, 0.15) is 71.1 Å². The molecule has 2 fully saturated rings. The molecule has 2 atom stereocenters. The normalized spacial score (nSPS) is 22.4. The highest BCUT2D eigenvalue weighted by molar-refractivity contribution is 5.86. The zero-order valence-corrected chi connectivity index (χ0v) is 18.0. The van der Waals surface area contributed by atoms with Crippen molar-refractivity contribution in [3.05, 3.63) is 24.3 Å². The lowest BCUT2D eigenvalue weighted by Crippen LogP contribution is -2.38. The second kappa shape index (κ2) is 12.1. The van der Waals surface area contributed by atoms with Crippen molar-refractivity contribution >= 4 is 11.8 Å². The largest absolute Gasteiger partial charge is 0.491 e. The smallest absolute Gasteiger partial charge is 0.412 e. The fourth-order valence-corrected chi connectivity index (χ4v) is 4.52. The van der Waals surface area contributed by atoms with Crippen molar-refractivity contribution in [1.29, 1.82) is 0 Å². The lowest BCUT2D eigenvalue weighted by atomic mass is 9.86. The molecule has 0 aromatic heterocycles. The van der Waals surface area contributed by atoms with E-state index < -0.39 is 0 Å². The number of hydrogen-bond donors (Lipinski definition) is 1. The topological polar surface area (TPSA) is 50.8 Å². The molecule has 1 aromatic carbocycles. The predicted molar refractivity (Wildman–Crippen MR) is 118 cm³/mol. The van der Waals surface area contributed by atoms with E-state index in [1.54, 1.807) is 0 Å². The summed E-state index contributed by atoms with van der Waals surface area (Å²) < 4.78 is 11.8. The molecule has 0 radical (unpaired) electrons. The van der Waals surface area contributed by atoms with Crippen molar-refractivity contribution in [2.75, 3.05) is 31.6 Å². The Hall–Kier alpha value is -1.75. The van der Waals surface area contributed by atoms with Crippen LogP contribution in [0.3, 0.4) is 0 Å². The number of benzene rings is 1. The zero-order valence-electron chi connectivity index (χ0n) is 18.0. The summed E-state index contributed by atoms with van der Waals surface area (Å²) in [4.78, 5) is 15.2. The van der Waals surface area contributed by atoms with E-state index in [0.717, 1.165) is 38.0 Å². The van der Waals surface area contributed by atoms with Crippen LogP contribution >= 0.6 is 0 Å². The SMILES string of the molecule is CCCCCCOc1ccccc1NC(=O)O[C@@H]1CCCC[C@H]1CN1CCCC1. The molecule has 1 saturated carbocycles. The first-order valence-electron chi connectivity index (χ1n) is 11.7. The minimum absolute atomic E-state index is 0.0199. The minimum atomic E-state index is -0.356. The molecular weight excluding hydrogens is 364 g/mol. The maximum Gasteiger partial charge on any atom is 0.412 e. The van der Waals surface area contributed by atoms with Gasteiger partial charge in [-0.05, 0) is 63.7 Å². The summed E-state index contributed by atoms with van der Waals surface area (Å²) in [6.07, 6.45) is 11.4. The fraction of sp³-hybridized carbons (Fsp3) is 0.708. The van der Waals surface area contributed by atoms with E-state index in [-0.39, 0.29) is 12.2 Å². The summed E-state index contributed by atoms with van der Waals surface area (Å²) in [6.45, 7) is 6.33. The predicted octanol–water partition coefficient (Wildman–Crippen LogP) is 5.85. The molecule has 0 bridgehead atoms. The average molecular weight is 403 g/mol. The van der Waals surface area contributed by atoms with Gasteiger partial charge in [0.05, 0.1) is 12.3 Å². The van der Waals surface area contributed by atoms with E-state index in [1.165, 1.54) is 51.6 Å². The minimum Gasteiger partial charge on any atom is -0.491 e. The molecule has 1 heterocycles. The van der Waals surface area contributed by atoms with Crippen LogP contribution in [0.5, 0.6) is 5.75 Å². The summed E-state index contributed by atoms with van der Waals surface area (Å²) in [5, 5.41) is 2.92. The number of carbonyl (C=O) groups is 1. The molecule has 1 aliphatic heterocycles. The molecule has 1 aromatic rings. The number of hydrogen-bond acceptors (Lipinski definition) is 4. The first kappa shape index (κ1) is 21.9. The summed E-state index contributed by atoms with van der Waals surface area (Å²) in [5.74, 6) is 1.18. The maximum absolute atomic E-state index is 12.6. The van der Waals surface area contributed by atoms with Crippen molar-refractivity contribution < 1.29 is 14.3 Å². The van der Waals surface area contributed by atoms with Crippen LogP contribution in [0.2, 0.25) is 0 Å². The number of ether oxygens (including phenoxy) is 2. The Labute approximate surface area is 176 Å². The van der Waals surface area contributed by atoms with Crippen LogP contribution < -0.4 is 10.1 Å². The maximum atomic E-state index is 12.6. The number of unbranched alkanes of at least 4 members (excludes halogenated alkanes) is 3. The Balaban J connectivity index is 1.50. The van der Waals surface area contributed by atoms with E-state index in [2.05, 4.69) is 17.1 Å². The standard InChI is InChI=1S/C24H38N2O3/c1-2-3-4-11-18-28-23-15-8-6-13-21(23)25-24(27)29-22-14-7-5-12-20(22)19-26-16-9-10-17-26/h6,8,13,15,20,22H,2-5,7,9-12,14,16-19H2,1H3,(H,25,27)/t20-,22+/m0/s1. The number of nitrogens with one attached hydrogen (secondary N) is 1. The number of anilines is 1. The molecule has 5 heteroatoms. The number of carbonyl (C=O) groups excluding carboxylic acids is 1. The van der Waals surface area contributed by atoms with Crippen molar-refractivity contribution in [2.24, 2.45) is 5.92 Å². The molecular formula is C24H38N2O3. The van der Waals surface area contributed by atoms with Crippen LogP contribution in [0.25, 0.3) is 0 Å². The lowest BCUT2D eigenvalue weighted by Gasteiger charge is -2.33. The van der Waals surface area contributed by atoms with Gasteiger partial charge in [-0.15, -0.1) is 0 Å². The van der Waals surface area contributed by atoms with Gasteiger partial charge < -0.3 is 14.4 Å². The van der Waals surface area contributed by atoms with E-state index in [9.17, 15) is 4.79 Å². The number of rotatable bonds is 10. The summed E-state index contributed by atoms with van der Waals surface area (Å²) in [5.41, 5.74) is 0.694. The molecule has 1 aliphatic carbocycles. The first-order chi connectivity index (χ1) is 14.3.